The molecule has 6 heteroatoms. The second-order valence-corrected chi connectivity index (χ2v) is 6.90. The molecule has 4 rings (SSSR count). The highest BCUT2D eigenvalue weighted by atomic mass is 35.5. The van der Waals surface area contributed by atoms with Crippen LogP contribution in [0.15, 0.2) is 77.2 Å². The van der Waals surface area contributed by atoms with E-state index in [9.17, 15) is 4.79 Å². The predicted molar refractivity (Wildman–Crippen MR) is 114 cm³/mol. The lowest BCUT2D eigenvalue weighted by atomic mass is 10.2. The maximum absolute atomic E-state index is 12.2. The van der Waals surface area contributed by atoms with Crippen LogP contribution in [-0.4, -0.2) is 10.9 Å². The molecule has 0 saturated carbocycles. The van der Waals surface area contributed by atoms with Crippen LogP contribution in [0, 0.1) is 0 Å². The molecule has 0 aliphatic carbocycles. The van der Waals surface area contributed by atoms with Gasteiger partial charge in [0.05, 0.1) is 10.6 Å². The molecule has 0 aliphatic rings. The van der Waals surface area contributed by atoms with E-state index < -0.39 is 0 Å². The number of nitrogens with zero attached hydrogens (tertiary/aromatic N) is 1. The van der Waals surface area contributed by atoms with Gasteiger partial charge in [-0.3, -0.25) is 4.79 Å². The van der Waals surface area contributed by atoms with Crippen molar-refractivity contribution in [1.29, 1.82) is 0 Å². The third-order valence-electron chi connectivity index (χ3n) is 4.04. The number of anilines is 1. The van der Waals surface area contributed by atoms with Gasteiger partial charge in [-0.05, 0) is 48.0 Å². The standard InChI is InChI=1S/C22H14Cl2N2O2/c23-15-7-9-18(24)17(12-15)22-26-19-13-16(8-10-20(19)28-22)25-21(27)11-6-14-4-2-1-3-5-14/h1-13H,(H,25,27)/b11-6+. The molecule has 0 atom stereocenters. The van der Waals surface area contributed by atoms with Crippen molar-refractivity contribution in [3.8, 4) is 11.5 Å². The molecule has 1 amide bonds. The molecule has 0 radical (unpaired) electrons. The predicted octanol–water partition coefficient (Wildman–Crippen LogP) is 6.45. The Labute approximate surface area is 171 Å². The quantitative estimate of drug-likeness (QED) is 0.394. The number of fused-ring (bicyclic) bond motifs is 1. The largest absolute Gasteiger partial charge is 0.436 e. The topological polar surface area (TPSA) is 55.1 Å². The SMILES string of the molecule is O=C(/C=C/c1ccccc1)Nc1ccc2oc(-c3cc(Cl)ccc3Cl)nc2c1. The summed E-state index contributed by atoms with van der Waals surface area (Å²) in [6.07, 6.45) is 3.24. The van der Waals surface area contributed by atoms with E-state index in [1.807, 2.05) is 30.3 Å². The van der Waals surface area contributed by atoms with E-state index in [0.29, 0.717) is 38.3 Å². The lowest BCUT2D eigenvalue weighted by molar-refractivity contribution is -0.111. The average molecular weight is 409 g/mol. The summed E-state index contributed by atoms with van der Waals surface area (Å²) >= 11 is 12.3. The fourth-order valence-electron chi connectivity index (χ4n) is 2.70. The van der Waals surface area contributed by atoms with Crippen LogP contribution in [0.4, 0.5) is 5.69 Å². The first kappa shape index (κ1) is 18.3. The van der Waals surface area contributed by atoms with Crippen molar-refractivity contribution in [3.05, 3.63) is 88.4 Å². The zero-order valence-electron chi connectivity index (χ0n) is 14.5. The lowest BCUT2D eigenvalue weighted by Gasteiger charge is -2.01. The van der Waals surface area contributed by atoms with Crippen molar-refractivity contribution in [3.63, 3.8) is 0 Å². The normalized spacial score (nSPS) is 11.2. The van der Waals surface area contributed by atoms with Gasteiger partial charge in [-0.2, -0.15) is 0 Å². The molecule has 28 heavy (non-hydrogen) atoms. The summed E-state index contributed by atoms with van der Waals surface area (Å²) in [5.41, 5.74) is 3.38. The molecule has 138 valence electrons. The molecule has 0 spiro atoms. The zero-order valence-corrected chi connectivity index (χ0v) is 16.0. The number of carbonyl (C=O) groups is 1. The van der Waals surface area contributed by atoms with E-state index >= 15 is 0 Å². The lowest BCUT2D eigenvalue weighted by Crippen LogP contribution is -2.07. The second kappa shape index (κ2) is 7.89. The molecule has 1 N–H and O–H groups in total. The van der Waals surface area contributed by atoms with Crippen molar-refractivity contribution >= 4 is 52.0 Å². The molecule has 0 bridgehead atoms. The summed E-state index contributed by atoms with van der Waals surface area (Å²) in [6.45, 7) is 0. The summed E-state index contributed by atoms with van der Waals surface area (Å²) in [6, 6.07) is 20.0. The first-order valence-electron chi connectivity index (χ1n) is 8.48. The van der Waals surface area contributed by atoms with Crippen LogP contribution >= 0.6 is 23.2 Å². The number of rotatable bonds is 4. The van der Waals surface area contributed by atoms with E-state index in [-0.39, 0.29) is 5.91 Å². The minimum Gasteiger partial charge on any atom is -0.436 e. The van der Waals surface area contributed by atoms with Gasteiger partial charge in [-0.25, -0.2) is 4.98 Å². The van der Waals surface area contributed by atoms with Gasteiger partial charge in [-0.15, -0.1) is 0 Å². The Morgan fingerprint density at radius 3 is 2.64 bits per heavy atom. The summed E-state index contributed by atoms with van der Waals surface area (Å²) in [7, 11) is 0. The Hall–Kier alpha value is -3.08. The number of benzene rings is 3. The average Bonchev–Trinajstić information content (AvgIpc) is 3.12. The number of hydrogen-bond donors (Lipinski definition) is 1. The van der Waals surface area contributed by atoms with Gasteiger partial charge in [0.15, 0.2) is 5.58 Å². The number of nitrogens with one attached hydrogen (secondary N) is 1. The Morgan fingerprint density at radius 2 is 1.82 bits per heavy atom. The molecule has 1 aromatic heterocycles. The van der Waals surface area contributed by atoms with Crippen LogP contribution in [0.5, 0.6) is 0 Å². The fraction of sp³-hybridized carbons (Fsp3) is 0. The zero-order chi connectivity index (χ0) is 19.5. The number of carbonyl (C=O) groups excluding carboxylic acids is 1. The molecule has 0 fully saturated rings. The summed E-state index contributed by atoms with van der Waals surface area (Å²) in [4.78, 5) is 16.6. The van der Waals surface area contributed by atoms with Crippen molar-refractivity contribution in [1.82, 2.24) is 4.98 Å². The van der Waals surface area contributed by atoms with E-state index in [4.69, 9.17) is 27.6 Å². The van der Waals surface area contributed by atoms with E-state index in [0.717, 1.165) is 5.56 Å². The molecule has 0 unspecified atom stereocenters. The van der Waals surface area contributed by atoms with Crippen molar-refractivity contribution in [2.45, 2.75) is 0 Å². The number of amides is 1. The van der Waals surface area contributed by atoms with Crippen LogP contribution < -0.4 is 5.32 Å². The minimum absolute atomic E-state index is 0.232. The van der Waals surface area contributed by atoms with Gasteiger partial charge in [0.2, 0.25) is 11.8 Å². The first-order chi connectivity index (χ1) is 13.6. The molecular weight excluding hydrogens is 395 g/mol. The fourth-order valence-corrected chi connectivity index (χ4v) is 3.07. The number of oxazole rings is 1. The Kier molecular flexibility index (Phi) is 5.15. The number of hydrogen-bond acceptors (Lipinski definition) is 3. The Morgan fingerprint density at radius 1 is 1.00 bits per heavy atom. The van der Waals surface area contributed by atoms with Crippen molar-refractivity contribution < 1.29 is 9.21 Å². The molecule has 3 aromatic carbocycles. The first-order valence-corrected chi connectivity index (χ1v) is 9.24. The highest BCUT2D eigenvalue weighted by Crippen LogP contribution is 2.32. The Balaban J connectivity index is 1.56. The monoisotopic (exact) mass is 408 g/mol. The van der Waals surface area contributed by atoms with Crippen LogP contribution in [0.1, 0.15) is 5.56 Å². The molecule has 4 nitrogen and oxygen atoms in total. The van der Waals surface area contributed by atoms with Gasteiger partial charge in [0.25, 0.3) is 0 Å². The van der Waals surface area contributed by atoms with E-state index in [1.165, 1.54) is 6.08 Å². The number of aromatic nitrogens is 1. The van der Waals surface area contributed by atoms with Gasteiger partial charge in [0, 0.05) is 16.8 Å². The maximum Gasteiger partial charge on any atom is 0.248 e. The van der Waals surface area contributed by atoms with E-state index in [1.54, 1.807) is 42.5 Å². The van der Waals surface area contributed by atoms with Crippen LogP contribution in [0.3, 0.4) is 0 Å². The van der Waals surface area contributed by atoms with Crippen LogP contribution in [0.25, 0.3) is 28.6 Å². The molecule has 1 heterocycles. The molecule has 0 aliphatic heterocycles. The summed E-state index contributed by atoms with van der Waals surface area (Å²) < 4.78 is 5.77. The van der Waals surface area contributed by atoms with E-state index in [2.05, 4.69) is 10.3 Å². The third-order valence-corrected chi connectivity index (χ3v) is 4.61. The number of halogens is 2. The van der Waals surface area contributed by atoms with Gasteiger partial charge in [-0.1, -0.05) is 53.5 Å². The Bertz CT molecular complexity index is 1180. The highest BCUT2D eigenvalue weighted by Gasteiger charge is 2.13. The second-order valence-electron chi connectivity index (χ2n) is 6.06. The summed E-state index contributed by atoms with van der Waals surface area (Å²) in [5.74, 6) is 0.139. The van der Waals surface area contributed by atoms with Gasteiger partial charge in [0.1, 0.15) is 5.52 Å². The highest BCUT2D eigenvalue weighted by molar-refractivity contribution is 6.35. The van der Waals surface area contributed by atoms with Gasteiger partial charge < -0.3 is 9.73 Å². The smallest absolute Gasteiger partial charge is 0.248 e. The minimum atomic E-state index is -0.232. The van der Waals surface area contributed by atoms with Crippen molar-refractivity contribution in [2.75, 3.05) is 5.32 Å². The van der Waals surface area contributed by atoms with Gasteiger partial charge >= 0.3 is 0 Å². The molecule has 0 saturated heterocycles. The van der Waals surface area contributed by atoms with Crippen molar-refractivity contribution in [2.24, 2.45) is 0 Å². The molecular formula is C22H14Cl2N2O2. The third kappa shape index (κ3) is 4.09. The van der Waals surface area contributed by atoms with Crippen LogP contribution in [-0.2, 0) is 4.79 Å². The molecule has 4 aromatic rings. The maximum atomic E-state index is 12.2. The van der Waals surface area contributed by atoms with Crippen LogP contribution in [0.2, 0.25) is 10.0 Å². The summed E-state index contributed by atoms with van der Waals surface area (Å²) in [5, 5.41) is 3.86.